The Labute approximate surface area is 126 Å². The first kappa shape index (κ1) is 15.2. The van der Waals surface area contributed by atoms with E-state index in [0.29, 0.717) is 6.04 Å². The smallest absolute Gasteiger partial charge is 0.251 e. The van der Waals surface area contributed by atoms with Gasteiger partial charge in [-0.3, -0.25) is 4.79 Å². The normalized spacial score (nSPS) is 15.9. The Morgan fingerprint density at radius 1 is 1.30 bits per heavy atom. The zero-order valence-corrected chi connectivity index (χ0v) is 13.2. The van der Waals surface area contributed by atoms with Gasteiger partial charge in [-0.2, -0.15) is 11.8 Å². The highest BCUT2D eigenvalue weighted by Crippen LogP contribution is 2.18. The summed E-state index contributed by atoms with van der Waals surface area (Å²) < 4.78 is 0. The Kier molecular flexibility index (Phi) is 5.77. The summed E-state index contributed by atoms with van der Waals surface area (Å²) in [5.74, 6) is 2.38. The molecular formula is C16H24N2OS. The number of hydrogen-bond acceptors (Lipinski definition) is 3. The van der Waals surface area contributed by atoms with Crippen molar-refractivity contribution in [2.24, 2.45) is 0 Å². The van der Waals surface area contributed by atoms with Gasteiger partial charge in [0.25, 0.3) is 5.91 Å². The molecule has 0 atom stereocenters. The second-order valence-corrected chi connectivity index (χ2v) is 6.55. The summed E-state index contributed by atoms with van der Waals surface area (Å²) in [6.07, 6.45) is 3.31. The van der Waals surface area contributed by atoms with Crippen LogP contribution in [0.1, 0.15) is 36.5 Å². The van der Waals surface area contributed by atoms with Crippen molar-refractivity contribution < 1.29 is 4.79 Å². The van der Waals surface area contributed by atoms with E-state index in [1.165, 1.54) is 0 Å². The molecule has 0 aliphatic carbocycles. The first-order valence-electron chi connectivity index (χ1n) is 7.40. The van der Waals surface area contributed by atoms with E-state index < -0.39 is 0 Å². The van der Waals surface area contributed by atoms with E-state index in [2.05, 4.69) is 24.2 Å². The van der Waals surface area contributed by atoms with Gasteiger partial charge in [-0.05, 0) is 55.0 Å². The monoisotopic (exact) mass is 292 g/mol. The van der Waals surface area contributed by atoms with E-state index in [1.54, 1.807) is 0 Å². The van der Waals surface area contributed by atoms with Crippen LogP contribution in [0.3, 0.4) is 0 Å². The van der Waals surface area contributed by atoms with E-state index >= 15 is 0 Å². The van der Waals surface area contributed by atoms with Gasteiger partial charge in [-0.15, -0.1) is 0 Å². The molecule has 1 aliphatic rings. The summed E-state index contributed by atoms with van der Waals surface area (Å²) in [7, 11) is 2.08. The van der Waals surface area contributed by atoms with Crippen molar-refractivity contribution in [2.45, 2.75) is 32.2 Å². The van der Waals surface area contributed by atoms with Crippen LogP contribution in [0.15, 0.2) is 24.3 Å². The van der Waals surface area contributed by atoms with Crippen molar-refractivity contribution in [3.8, 4) is 0 Å². The molecule has 1 heterocycles. The molecule has 0 aromatic heterocycles. The lowest BCUT2D eigenvalue weighted by atomic mass is 10.1. The largest absolute Gasteiger partial charge is 0.375 e. The molecule has 0 spiro atoms. The Morgan fingerprint density at radius 2 is 1.95 bits per heavy atom. The third kappa shape index (κ3) is 4.17. The van der Waals surface area contributed by atoms with Gasteiger partial charge in [0.05, 0.1) is 0 Å². The number of thioether (sulfide) groups is 1. The first-order chi connectivity index (χ1) is 9.70. The number of nitrogens with one attached hydrogen (secondary N) is 1. The van der Waals surface area contributed by atoms with E-state index in [4.69, 9.17) is 0 Å². The number of carbonyl (C=O) groups excluding carboxylic acids is 1. The van der Waals surface area contributed by atoms with Gasteiger partial charge in [0.1, 0.15) is 0 Å². The predicted molar refractivity (Wildman–Crippen MR) is 87.8 cm³/mol. The molecule has 0 bridgehead atoms. The number of rotatable bonds is 5. The van der Waals surface area contributed by atoms with Crippen molar-refractivity contribution in [3.63, 3.8) is 0 Å². The van der Waals surface area contributed by atoms with Crippen LogP contribution in [-0.4, -0.2) is 37.0 Å². The number of nitrogens with zero attached hydrogens (tertiary/aromatic N) is 1. The molecule has 4 heteroatoms. The molecule has 1 N–H and O–H groups in total. The quantitative estimate of drug-likeness (QED) is 0.905. The van der Waals surface area contributed by atoms with Crippen molar-refractivity contribution in [1.82, 2.24) is 5.32 Å². The van der Waals surface area contributed by atoms with Crippen molar-refractivity contribution in [2.75, 3.05) is 30.0 Å². The first-order valence-corrected chi connectivity index (χ1v) is 8.56. The Balaban J connectivity index is 1.93. The highest BCUT2D eigenvalue weighted by molar-refractivity contribution is 7.99. The maximum atomic E-state index is 12.2. The summed E-state index contributed by atoms with van der Waals surface area (Å²) in [6.45, 7) is 3.20. The number of carbonyl (C=O) groups is 1. The molecule has 1 fully saturated rings. The average molecular weight is 292 g/mol. The average Bonchev–Trinajstić information content (AvgIpc) is 2.48. The minimum Gasteiger partial charge on any atom is -0.375 e. The number of hydrogen-bond donors (Lipinski definition) is 1. The predicted octanol–water partition coefficient (Wildman–Crippen LogP) is 3.16. The maximum Gasteiger partial charge on any atom is 0.251 e. The molecule has 0 unspecified atom stereocenters. The standard InChI is InChI=1S/C16H24N2OS/c1-3-10-18(2)15-6-4-13(5-7-15)16(19)17-14-8-11-20-12-9-14/h4-7,14H,3,8-12H2,1-2H3,(H,17,19). The lowest BCUT2D eigenvalue weighted by Crippen LogP contribution is -2.37. The number of anilines is 1. The molecule has 2 rings (SSSR count). The molecular weight excluding hydrogens is 268 g/mol. The fraction of sp³-hybridized carbons (Fsp3) is 0.562. The van der Waals surface area contributed by atoms with Crippen LogP contribution in [0.4, 0.5) is 5.69 Å². The third-order valence-electron chi connectivity index (χ3n) is 3.69. The third-order valence-corrected chi connectivity index (χ3v) is 4.73. The van der Waals surface area contributed by atoms with Crippen LogP contribution in [0.2, 0.25) is 0 Å². The molecule has 0 saturated carbocycles. The van der Waals surface area contributed by atoms with E-state index in [0.717, 1.165) is 48.6 Å². The topological polar surface area (TPSA) is 32.3 Å². The summed E-state index contributed by atoms with van der Waals surface area (Å²) >= 11 is 1.97. The molecule has 3 nitrogen and oxygen atoms in total. The van der Waals surface area contributed by atoms with Crippen LogP contribution in [-0.2, 0) is 0 Å². The second kappa shape index (κ2) is 7.58. The van der Waals surface area contributed by atoms with E-state index in [1.807, 2.05) is 36.0 Å². The van der Waals surface area contributed by atoms with Crippen LogP contribution in [0, 0.1) is 0 Å². The Bertz CT molecular complexity index is 427. The fourth-order valence-corrected chi connectivity index (χ4v) is 3.55. The lowest BCUT2D eigenvalue weighted by Gasteiger charge is -2.23. The molecule has 1 aliphatic heterocycles. The summed E-state index contributed by atoms with van der Waals surface area (Å²) in [5, 5.41) is 3.14. The van der Waals surface area contributed by atoms with Gasteiger partial charge in [0.2, 0.25) is 0 Å². The van der Waals surface area contributed by atoms with Gasteiger partial charge in [0.15, 0.2) is 0 Å². The molecule has 20 heavy (non-hydrogen) atoms. The number of benzene rings is 1. The van der Waals surface area contributed by atoms with Gasteiger partial charge < -0.3 is 10.2 Å². The minimum absolute atomic E-state index is 0.0617. The molecule has 1 saturated heterocycles. The van der Waals surface area contributed by atoms with Gasteiger partial charge in [-0.25, -0.2) is 0 Å². The van der Waals surface area contributed by atoms with Crippen LogP contribution < -0.4 is 10.2 Å². The zero-order valence-electron chi connectivity index (χ0n) is 12.4. The summed E-state index contributed by atoms with van der Waals surface area (Å²) in [4.78, 5) is 14.4. The van der Waals surface area contributed by atoms with Gasteiger partial charge >= 0.3 is 0 Å². The van der Waals surface area contributed by atoms with E-state index in [9.17, 15) is 4.79 Å². The summed E-state index contributed by atoms with van der Waals surface area (Å²) in [6, 6.07) is 8.26. The van der Waals surface area contributed by atoms with Crippen molar-refractivity contribution in [1.29, 1.82) is 0 Å². The fourth-order valence-electron chi connectivity index (χ4n) is 2.44. The van der Waals surface area contributed by atoms with Crippen LogP contribution in [0.5, 0.6) is 0 Å². The molecule has 0 radical (unpaired) electrons. The highest BCUT2D eigenvalue weighted by Gasteiger charge is 2.16. The molecule has 1 amide bonds. The van der Waals surface area contributed by atoms with Crippen LogP contribution in [0.25, 0.3) is 0 Å². The lowest BCUT2D eigenvalue weighted by molar-refractivity contribution is 0.0935. The SMILES string of the molecule is CCCN(C)c1ccc(C(=O)NC2CCSCC2)cc1. The van der Waals surface area contributed by atoms with Crippen molar-refractivity contribution in [3.05, 3.63) is 29.8 Å². The summed E-state index contributed by atoms with van der Waals surface area (Å²) in [5.41, 5.74) is 1.93. The Morgan fingerprint density at radius 3 is 2.55 bits per heavy atom. The molecule has 110 valence electrons. The number of amides is 1. The zero-order chi connectivity index (χ0) is 14.4. The van der Waals surface area contributed by atoms with Crippen molar-refractivity contribution >= 4 is 23.4 Å². The minimum atomic E-state index is 0.0617. The van der Waals surface area contributed by atoms with Crippen LogP contribution >= 0.6 is 11.8 Å². The molecule has 1 aromatic carbocycles. The Hall–Kier alpha value is -1.16. The van der Waals surface area contributed by atoms with Gasteiger partial charge in [-0.1, -0.05) is 6.92 Å². The molecule has 1 aromatic rings. The highest BCUT2D eigenvalue weighted by atomic mass is 32.2. The van der Waals surface area contributed by atoms with E-state index in [-0.39, 0.29) is 5.91 Å². The van der Waals surface area contributed by atoms with Gasteiger partial charge in [0, 0.05) is 30.9 Å². The maximum absolute atomic E-state index is 12.2. The second-order valence-electron chi connectivity index (χ2n) is 5.33.